The van der Waals surface area contributed by atoms with Crippen molar-refractivity contribution in [1.29, 1.82) is 0 Å². The maximum absolute atomic E-state index is 13.4. The van der Waals surface area contributed by atoms with Gasteiger partial charge in [0.1, 0.15) is 16.1 Å². The minimum Gasteiger partial charge on any atom is -0.494 e. The van der Waals surface area contributed by atoms with Crippen molar-refractivity contribution in [3.63, 3.8) is 0 Å². The molecular formula is C19H23Cl2N5O3S2. The van der Waals surface area contributed by atoms with E-state index in [1.807, 2.05) is 0 Å². The molecule has 0 bridgehead atoms. The Morgan fingerprint density at radius 2 is 2.13 bits per heavy atom. The van der Waals surface area contributed by atoms with Crippen molar-refractivity contribution < 1.29 is 14.3 Å². The molecule has 1 aromatic carbocycles. The van der Waals surface area contributed by atoms with Crippen LogP contribution in [0.2, 0.25) is 5.02 Å². The van der Waals surface area contributed by atoms with E-state index < -0.39 is 0 Å². The van der Waals surface area contributed by atoms with Crippen LogP contribution in [0.1, 0.15) is 21.8 Å². The summed E-state index contributed by atoms with van der Waals surface area (Å²) in [5, 5.41) is 5.18. The second-order valence-corrected chi connectivity index (χ2v) is 9.01. The van der Waals surface area contributed by atoms with Gasteiger partial charge in [-0.1, -0.05) is 27.4 Å². The van der Waals surface area contributed by atoms with Crippen LogP contribution in [0.3, 0.4) is 0 Å². The van der Waals surface area contributed by atoms with Crippen molar-refractivity contribution in [2.24, 2.45) is 0 Å². The SMILES string of the molecule is COc1ccc(Cl)c2sc(N(CCCN3CCOCC3)C(=O)c3snnc3C)nc12.Cl. The fraction of sp³-hybridized carbons (Fsp3) is 0.474. The number of benzene rings is 1. The summed E-state index contributed by atoms with van der Waals surface area (Å²) in [7, 11) is 1.60. The maximum Gasteiger partial charge on any atom is 0.273 e. The molecule has 168 valence electrons. The first-order valence-corrected chi connectivity index (χ1v) is 11.6. The fourth-order valence-corrected chi connectivity index (χ4v) is 5.22. The number of hydrogen-bond donors (Lipinski definition) is 0. The van der Waals surface area contributed by atoms with Gasteiger partial charge in [-0.05, 0) is 37.0 Å². The number of nitrogens with zero attached hydrogens (tertiary/aromatic N) is 5. The molecule has 1 fully saturated rings. The van der Waals surface area contributed by atoms with Gasteiger partial charge < -0.3 is 9.47 Å². The number of methoxy groups -OCH3 is 1. The number of aryl methyl sites for hydroxylation is 1. The number of hydrogen-bond acceptors (Lipinski definition) is 9. The average molecular weight is 504 g/mol. The van der Waals surface area contributed by atoms with Crippen LogP contribution in [0.4, 0.5) is 5.13 Å². The van der Waals surface area contributed by atoms with E-state index in [9.17, 15) is 4.79 Å². The van der Waals surface area contributed by atoms with Crippen molar-refractivity contribution in [2.45, 2.75) is 13.3 Å². The largest absolute Gasteiger partial charge is 0.494 e. The van der Waals surface area contributed by atoms with Crippen molar-refractivity contribution >= 4 is 68.1 Å². The third kappa shape index (κ3) is 5.27. The van der Waals surface area contributed by atoms with Crippen molar-refractivity contribution in [2.75, 3.05) is 51.4 Å². The van der Waals surface area contributed by atoms with Crippen molar-refractivity contribution in [3.8, 4) is 5.75 Å². The standard InChI is InChI=1S/C19H22ClN5O3S2.ClH/c1-12-16(30-23-22-12)18(26)25(7-3-6-24-8-10-28-11-9-24)19-21-15-14(27-2)5-4-13(20)17(15)29-19;/h4-5H,3,6-11H2,1-2H3;1H. The summed E-state index contributed by atoms with van der Waals surface area (Å²) in [5.74, 6) is 0.492. The Labute approximate surface area is 199 Å². The highest BCUT2D eigenvalue weighted by atomic mass is 35.5. The molecule has 0 saturated carbocycles. The number of ether oxygens (including phenoxy) is 2. The predicted molar refractivity (Wildman–Crippen MR) is 127 cm³/mol. The molecule has 0 spiro atoms. The molecule has 0 atom stereocenters. The van der Waals surface area contributed by atoms with Gasteiger partial charge in [0.15, 0.2) is 5.13 Å². The van der Waals surface area contributed by atoms with Gasteiger partial charge in [-0.15, -0.1) is 17.5 Å². The van der Waals surface area contributed by atoms with E-state index in [1.54, 1.807) is 31.1 Å². The topological polar surface area (TPSA) is 80.7 Å². The van der Waals surface area contributed by atoms with Gasteiger partial charge in [-0.2, -0.15) is 0 Å². The molecule has 31 heavy (non-hydrogen) atoms. The minimum absolute atomic E-state index is 0. The van der Waals surface area contributed by atoms with Gasteiger partial charge in [-0.25, -0.2) is 4.98 Å². The Balaban J connectivity index is 0.00000272. The predicted octanol–water partition coefficient (Wildman–Crippen LogP) is 3.91. The zero-order chi connectivity index (χ0) is 21.1. The highest BCUT2D eigenvalue weighted by Crippen LogP contribution is 2.39. The number of morpholine rings is 1. The van der Waals surface area contributed by atoms with E-state index >= 15 is 0 Å². The van der Waals surface area contributed by atoms with Gasteiger partial charge in [0, 0.05) is 26.2 Å². The van der Waals surface area contributed by atoms with Crippen LogP contribution in [-0.2, 0) is 4.74 Å². The van der Waals surface area contributed by atoms with Gasteiger partial charge >= 0.3 is 0 Å². The summed E-state index contributed by atoms with van der Waals surface area (Å²) in [6, 6.07) is 3.57. The van der Waals surface area contributed by atoms with Crippen LogP contribution >= 0.6 is 46.9 Å². The lowest BCUT2D eigenvalue weighted by Gasteiger charge is -2.27. The molecule has 0 N–H and O–H groups in total. The summed E-state index contributed by atoms with van der Waals surface area (Å²) in [6.45, 7) is 6.56. The van der Waals surface area contributed by atoms with Crippen LogP contribution in [0.15, 0.2) is 12.1 Å². The number of carbonyl (C=O) groups is 1. The zero-order valence-electron chi connectivity index (χ0n) is 17.2. The number of fused-ring (bicyclic) bond motifs is 1. The lowest BCUT2D eigenvalue weighted by atomic mass is 10.3. The third-order valence-electron chi connectivity index (χ3n) is 4.95. The second kappa shape index (κ2) is 10.8. The summed E-state index contributed by atoms with van der Waals surface area (Å²) in [5.41, 5.74) is 1.29. The molecular weight excluding hydrogens is 481 g/mol. The summed E-state index contributed by atoms with van der Waals surface area (Å²) >= 11 is 8.89. The fourth-order valence-electron chi connectivity index (χ4n) is 3.33. The van der Waals surface area contributed by atoms with Gasteiger partial charge in [0.25, 0.3) is 5.91 Å². The van der Waals surface area contributed by atoms with Crippen molar-refractivity contribution in [1.82, 2.24) is 19.5 Å². The second-order valence-electron chi connectivity index (χ2n) is 6.88. The molecule has 12 heteroatoms. The third-order valence-corrected chi connectivity index (χ3v) is 7.30. The number of carbonyl (C=O) groups excluding carboxylic acids is 1. The first-order valence-electron chi connectivity index (χ1n) is 9.62. The van der Waals surface area contributed by atoms with Crippen LogP contribution in [-0.4, -0.2) is 71.9 Å². The molecule has 3 heterocycles. The normalized spacial score (nSPS) is 14.4. The Morgan fingerprint density at radius 3 is 2.81 bits per heavy atom. The number of anilines is 1. The molecule has 0 unspecified atom stereocenters. The van der Waals surface area contributed by atoms with Gasteiger partial charge in [-0.3, -0.25) is 14.6 Å². The Bertz CT molecular complexity index is 1040. The van der Waals surface area contributed by atoms with Crippen LogP contribution in [0, 0.1) is 6.92 Å². The monoisotopic (exact) mass is 503 g/mol. The Morgan fingerprint density at radius 1 is 1.35 bits per heavy atom. The number of rotatable bonds is 7. The van der Waals surface area contributed by atoms with E-state index in [0.29, 0.717) is 38.5 Å². The Kier molecular flexibility index (Phi) is 8.43. The average Bonchev–Trinajstić information content (AvgIpc) is 3.39. The highest BCUT2D eigenvalue weighted by Gasteiger charge is 2.26. The summed E-state index contributed by atoms with van der Waals surface area (Å²) in [6.07, 6.45) is 0.817. The van der Waals surface area contributed by atoms with Crippen molar-refractivity contribution in [3.05, 3.63) is 27.7 Å². The van der Waals surface area contributed by atoms with E-state index in [4.69, 9.17) is 26.1 Å². The molecule has 2 aromatic heterocycles. The number of halogens is 2. The lowest BCUT2D eigenvalue weighted by molar-refractivity contribution is 0.0376. The minimum atomic E-state index is -0.140. The smallest absolute Gasteiger partial charge is 0.273 e. The molecule has 1 aliphatic heterocycles. The first kappa shape index (κ1) is 24.1. The molecule has 0 radical (unpaired) electrons. The summed E-state index contributed by atoms with van der Waals surface area (Å²) < 4.78 is 15.6. The number of aromatic nitrogens is 3. The van der Waals surface area contributed by atoms with Crippen LogP contribution in [0.5, 0.6) is 5.75 Å². The highest BCUT2D eigenvalue weighted by molar-refractivity contribution is 7.23. The van der Waals surface area contributed by atoms with E-state index in [-0.39, 0.29) is 18.3 Å². The molecule has 1 aliphatic rings. The first-order chi connectivity index (χ1) is 14.6. The molecule has 8 nitrogen and oxygen atoms in total. The van der Waals surface area contributed by atoms with Crippen LogP contribution < -0.4 is 9.64 Å². The number of amides is 1. The number of thiazole rings is 1. The lowest BCUT2D eigenvalue weighted by Crippen LogP contribution is -2.39. The maximum atomic E-state index is 13.4. The summed E-state index contributed by atoms with van der Waals surface area (Å²) in [4.78, 5) is 22.7. The van der Waals surface area contributed by atoms with Gasteiger partial charge in [0.05, 0.1) is 35.7 Å². The zero-order valence-corrected chi connectivity index (χ0v) is 20.4. The molecule has 1 saturated heterocycles. The quantitative estimate of drug-likeness (QED) is 0.483. The van der Waals surface area contributed by atoms with E-state index in [1.165, 1.54) is 11.3 Å². The molecule has 3 aromatic rings. The van der Waals surface area contributed by atoms with E-state index in [0.717, 1.165) is 55.5 Å². The molecule has 4 rings (SSSR count). The molecule has 0 aliphatic carbocycles. The van der Waals surface area contributed by atoms with Crippen LogP contribution in [0.25, 0.3) is 10.2 Å². The molecule has 1 amide bonds. The van der Waals surface area contributed by atoms with Gasteiger partial charge in [0.2, 0.25) is 0 Å². The van der Waals surface area contributed by atoms with E-state index in [2.05, 4.69) is 14.5 Å². The Hall–Kier alpha value is -1.56.